The molecular weight excluding hydrogens is 355 g/mol. The molecule has 0 unspecified atom stereocenters. The van der Waals surface area contributed by atoms with Crippen LogP contribution in [0.4, 0.5) is 4.39 Å². The number of sulfonamides is 1. The lowest BCUT2D eigenvalue weighted by molar-refractivity contribution is 0.580. The molecule has 2 aromatic rings. The molecule has 6 nitrogen and oxygen atoms in total. The summed E-state index contributed by atoms with van der Waals surface area (Å²) in [6.45, 7) is 4.16. The fourth-order valence-corrected chi connectivity index (χ4v) is 3.33. The number of hydrogen-bond donors (Lipinski definition) is 3. The topological polar surface area (TPSA) is 96.6 Å². The van der Waals surface area contributed by atoms with Gasteiger partial charge in [-0.1, -0.05) is 24.3 Å². The zero-order chi connectivity index (χ0) is 19.2. The summed E-state index contributed by atoms with van der Waals surface area (Å²) in [6, 6.07) is 12.4. The van der Waals surface area contributed by atoms with Gasteiger partial charge in [-0.3, -0.25) is 0 Å². The van der Waals surface area contributed by atoms with Crippen LogP contribution >= 0.6 is 0 Å². The summed E-state index contributed by atoms with van der Waals surface area (Å²) in [5.41, 5.74) is 7.01. The van der Waals surface area contributed by atoms with Gasteiger partial charge in [0.15, 0.2) is 5.96 Å². The normalized spacial score (nSPS) is 12.4. The number of nitrogens with zero attached hydrogens (tertiary/aromatic N) is 1. The van der Waals surface area contributed by atoms with Crippen LogP contribution < -0.4 is 15.8 Å². The lowest BCUT2D eigenvalue weighted by Gasteiger charge is -2.10. The number of halogens is 1. The summed E-state index contributed by atoms with van der Waals surface area (Å²) >= 11 is 0. The lowest BCUT2D eigenvalue weighted by Crippen LogP contribution is -2.36. The van der Waals surface area contributed by atoms with Gasteiger partial charge in [0.2, 0.25) is 10.0 Å². The van der Waals surface area contributed by atoms with E-state index in [9.17, 15) is 12.8 Å². The second-order valence-electron chi connectivity index (χ2n) is 6.10. The van der Waals surface area contributed by atoms with Gasteiger partial charge in [0.25, 0.3) is 0 Å². The van der Waals surface area contributed by atoms with Crippen molar-refractivity contribution in [2.24, 2.45) is 10.7 Å². The zero-order valence-electron chi connectivity index (χ0n) is 14.7. The molecule has 2 rings (SSSR count). The van der Waals surface area contributed by atoms with Gasteiger partial charge in [-0.15, -0.1) is 0 Å². The van der Waals surface area contributed by atoms with Crippen molar-refractivity contribution >= 4 is 16.0 Å². The Kier molecular flexibility index (Phi) is 6.70. The van der Waals surface area contributed by atoms with Gasteiger partial charge in [0.1, 0.15) is 5.82 Å². The van der Waals surface area contributed by atoms with Crippen molar-refractivity contribution in [1.82, 2.24) is 10.0 Å². The molecular formula is C18H23FN4O2S. The van der Waals surface area contributed by atoms with E-state index in [1.807, 2.05) is 13.8 Å². The number of nitrogens with two attached hydrogens (primary N) is 1. The molecule has 4 N–H and O–H groups in total. The van der Waals surface area contributed by atoms with E-state index in [2.05, 4.69) is 15.0 Å². The molecule has 0 amide bonds. The van der Waals surface area contributed by atoms with E-state index in [1.165, 1.54) is 24.3 Å². The van der Waals surface area contributed by atoms with Crippen molar-refractivity contribution in [2.75, 3.05) is 0 Å². The number of guanidine groups is 1. The molecule has 0 atom stereocenters. The third kappa shape index (κ3) is 6.12. The number of benzene rings is 2. The van der Waals surface area contributed by atoms with Crippen LogP contribution in [-0.2, 0) is 23.1 Å². The van der Waals surface area contributed by atoms with E-state index < -0.39 is 15.8 Å². The van der Waals surface area contributed by atoms with Crippen LogP contribution in [0.15, 0.2) is 58.4 Å². The Bertz CT molecular complexity index is 882. The molecule has 0 saturated carbocycles. The fourth-order valence-electron chi connectivity index (χ4n) is 2.24. The standard InChI is InChI=1S/C18H23FN4O2S/c1-13(2)23-18(20)21-11-15-6-4-8-17(10-15)26(24,25)22-12-14-5-3-7-16(19)9-14/h3-10,13,22H,11-12H2,1-2H3,(H3,20,21,23). The second-order valence-corrected chi connectivity index (χ2v) is 7.87. The molecule has 0 spiro atoms. The molecule has 0 aliphatic rings. The molecule has 0 bridgehead atoms. The molecule has 0 heterocycles. The van der Waals surface area contributed by atoms with Gasteiger partial charge in [0, 0.05) is 12.6 Å². The molecule has 0 radical (unpaired) electrons. The molecule has 0 aliphatic heterocycles. The minimum absolute atomic E-state index is 0.00767. The average Bonchev–Trinajstić information content (AvgIpc) is 2.58. The van der Waals surface area contributed by atoms with E-state index in [0.29, 0.717) is 17.1 Å². The van der Waals surface area contributed by atoms with Gasteiger partial charge in [0.05, 0.1) is 11.4 Å². The van der Waals surface area contributed by atoms with E-state index in [-0.39, 0.29) is 24.0 Å². The van der Waals surface area contributed by atoms with Gasteiger partial charge in [-0.05, 0) is 49.2 Å². The largest absolute Gasteiger partial charge is 0.370 e. The number of nitrogens with one attached hydrogen (secondary N) is 2. The summed E-state index contributed by atoms with van der Waals surface area (Å²) in [5, 5.41) is 2.97. The van der Waals surface area contributed by atoms with Crippen LogP contribution in [0, 0.1) is 5.82 Å². The van der Waals surface area contributed by atoms with Crippen LogP contribution in [0.3, 0.4) is 0 Å². The van der Waals surface area contributed by atoms with Gasteiger partial charge < -0.3 is 11.1 Å². The number of aliphatic imine (C=N–C) groups is 1. The SMILES string of the molecule is CC(C)NC(N)=NCc1cccc(S(=O)(=O)NCc2cccc(F)c2)c1. The Hall–Kier alpha value is -2.45. The third-order valence-electron chi connectivity index (χ3n) is 3.43. The Balaban J connectivity index is 2.07. The maximum atomic E-state index is 13.2. The average molecular weight is 378 g/mol. The Morgan fingerprint density at radius 2 is 1.85 bits per heavy atom. The highest BCUT2D eigenvalue weighted by Gasteiger charge is 2.14. The number of hydrogen-bond acceptors (Lipinski definition) is 3. The molecule has 26 heavy (non-hydrogen) atoms. The summed E-state index contributed by atoms with van der Waals surface area (Å²) in [7, 11) is -3.72. The Labute approximate surface area is 153 Å². The van der Waals surface area contributed by atoms with Crippen molar-refractivity contribution in [1.29, 1.82) is 0 Å². The van der Waals surface area contributed by atoms with Gasteiger partial charge in [-0.25, -0.2) is 22.5 Å². The first kappa shape index (κ1) is 19.9. The van der Waals surface area contributed by atoms with Crippen LogP contribution in [0.25, 0.3) is 0 Å². The van der Waals surface area contributed by atoms with E-state index in [1.54, 1.807) is 24.3 Å². The van der Waals surface area contributed by atoms with E-state index in [4.69, 9.17) is 5.73 Å². The van der Waals surface area contributed by atoms with E-state index >= 15 is 0 Å². The smallest absolute Gasteiger partial charge is 0.240 e. The maximum absolute atomic E-state index is 13.2. The molecule has 8 heteroatoms. The minimum Gasteiger partial charge on any atom is -0.370 e. The highest BCUT2D eigenvalue weighted by atomic mass is 32.2. The minimum atomic E-state index is -3.72. The molecule has 0 aromatic heterocycles. The van der Waals surface area contributed by atoms with Gasteiger partial charge in [-0.2, -0.15) is 0 Å². The molecule has 0 fully saturated rings. The quantitative estimate of drug-likeness (QED) is 0.508. The van der Waals surface area contributed by atoms with Crippen molar-refractivity contribution in [3.63, 3.8) is 0 Å². The van der Waals surface area contributed by atoms with Crippen LogP contribution in [0.2, 0.25) is 0 Å². The highest BCUT2D eigenvalue weighted by molar-refractivity contribution is 7.89. The van der Waals surface area contributed by atoms with Crippen LogP contribution in [0.1, 0.15) is 25.0 Å². The molecule has 0 saturated heterocycles. The summed E-state index contributed by atoms with van der Waals surface area (Å²) in [6.07, 6.45) is 0. The third-order valence-corrected chi connectivity index (χ3v) is 4.83. The van der Waals surface area contributed by atoms with Gasteiger partial charge >= 0.3 is 0 Å². The monoisotopic (exact) mass is 378 g/mol. The maximum Gasteiger partial charge on any atom is 0.240 e. The Morgan fingerprint density at radius 1 is 1.15 bits per heavy atom. The van der Waals surface area contributed by atoms with Crippen LogP contribution in [0.5, 0.6) is 0 Å². The predicted octanol–water partition coefficient (Wildman–Crippen LogP) is 2.12. The summed E-state index contributed by atoms with van der Waals surface area (Å²) in [4.78, 5) is 4.31. The first-order valence-electron chi connectivity index (χ1n) is 8.16. The summed E-state index contributed by atoms with van der Waals surface area (Å²) in [5.74, 6) is -0.105. The first-order valence-corrected chi connectivity index (χ1v) is 9.64. The number of rotatable bonds is 7. The zero-order valence-corrected chi connectivity index (χ0v) is 15.6. The molecule has 2 aromatic carbocycles. The van der Waals surface area contributed by atoms with Crippen molar-refractivity contribution in [3.05, 3.63) is 65.5 Å². The molecule has 140 valence electrons. The second kappa shape index (κ2) is 8.77. The van der Waals surface area contributed by atoms with E-state index in [0.717, 1.165) is 0 Å². The fraction of sp³-hybridized carbons (Fsp3) is 0.278. The predicted molar refractivity (Wildman–Crippen MR) is 100 cm³/mol. The first-order chi connectivity index (χ1) is 12.3. The lowest BCUT2D eigenvalue weighted by atomic mass is 10.2. The molecule has 0 aliphatic carbocycles. The highest BCUT2D eigenvalue weighted by Crippen LogP contribution is 2.13. The van der Waals surface area contributed by atoms with Crippen molar-refractivity contribution < 1.29 is 12.8 Å². The van der Waals surface area contributed by atoms with Crippen molar-refractivity contribution in [3.8, 4) is 0 Å². The Morgan fingerprint density at radius 3 is 2.54 bits per heavy atom. The summed E-state index contributed by atoms with van der Waals surface area (Å²) < 4.78 is 40.6. The van der Waals surface area contributed by atoms with Crippen LogP contribution in [-0.4, -0.2) is 20.4 Å². The van der Waals surface area contributed by atoms with Crippen molar-refractivity contribution in [2.45, 2.75) is 37.9 Å².